The lowest BCUT2D eigenvalue weighted by Gasteiger charge is -2.15. The number of amides is 1. The van der Waals surface area contributed by atoms with Crippen LogP contribution < -0.4 is 10.6 Å². The molecule has 1 saturated carbocycles. The zero-order valence-electron chi connectivity index (χ0n) is 11.3. The molecule has 1 fully saturated rings. The Morgan fingerprint density at radius 3 is 2.79 bits per heavy atom. The number of hydrogen-bond donors (Lipinski definition) is 2. The Hall–Kier alpha value is -0.870. The number of halogens is 1. The van der Waals surface area contributed by atoms with Crippen molar-refractivity contribution in [3.8, 4) is 0 Å². The molecule has 0 aromatic heterocycles. The van der Waals surface area contributed by atoms with E-state index in [-0.39, 0.29) is 10.7 Å². The Morgan fingerprint density at radius 2 is 2.21 bits per heavy atom. The van der Waals surface area contributed by atoms with Crippen molar-refractivity contribution in [2.75, 3.05) is 24.7 Å². The molecule has 19 heavy (non-hydrogen) atoms. The molecule has 0 aliphatic heterocycles. The summed E-state index contributed by atoms with van der Waals surface area (Å²) in [6.07, 6.45) is 4.47. The van der Waals surface area contributed by atoms with E-state index in [1.807, 2.05) is 24.8 Å². The third kappa shape index (κ3) is 3.57. The molecule has 0 saturated heterocycles. The number of carbonyl (C=O) groups is 1. The molecule has 1 amide bonds. The molecular formula is C14H19ClN2OS. The topological polar surface area (TPSA) is 41.1 Å². The van der Waals surface area contributed by atoms with Crippen LogP contribution in [0.15, 0.2) is 18.2 Å². The fourth-order valence-electron chi connectivity index (χ4n) is 1.98. The molecule has 2 N–H and O–H groups in total. The Kier molecular flexibility index (Phi) is 4.63. The summed E-state index contributed by atoms with van der Waals surface area (Å²) in [4.78, 5) is 12.3. The lowest BCUT2D eigenvalue weighted by atomic mass is 10.1. The first kappa shape index (κ1) is 14.5. The maximum absolute atomic E-state index is 12.3. The van der Waals surface area contributed by atoms with Crippen LogP contribution in [0.2, 0.25) is 5.02 Å². The second kappa shape index (κ2) is 6.06. The summed E-state index contributed by atoms with van der Waals surface area (Å²) in [5, 5.41) is 6.79. The van der Waals surface area contributed by atoms with E-state index in [1.54, 1.807) is 12.1 Å². The zero-order valence-corrected chi connectivity index (χ0v) is 12.8. The van der Waals surface area contributed by atoms with E-state index >= 15 is 0 Å². The van der Waals surface area contributed by atoms with E-state index in [2.05, 4.69) is 16.9 Å². The van der Waals surface area contributed by atoms with Gasteiger partial charge in [0.2, 0.25) is 0 Å². The molecule has 104 valence electrons. The number of thioether (sulfide) groups is 1. The molecule has 0 radical (unpaired) electrons. The van der Waals surface area contributed by atoms with E-state index in [0.717, 1.165) is 18.8 Å². The van der Waals surface area contributed by atoms with Crippen LogP contribution in [0.1, 0.15) is 30.1 Å². The highest BCUT2D eigenvalue weighted by Crippen LogP contribution is 2.46. The van der Waals surface area contributed by atoms with Crippen LogP contribution in [0.4, 0.5) is 5.69 Å². The highest BCUT2D eigenvalue weighted by molar-refractivity contribution is 8.00. The summed E-state index contributed by atoms with van der Waals surface area (Å²) in [6.45, 7) is 3.50. The van der Waals surface area contributed by atoms with Gasteiger partial charge >= 0.3 is 0 Å². The quantitative estimate of drug-likeness (QED) is 0.846. The van der Waals surface area contributed by atoms with E-state index in [1.165, 1.54) is 12.8 Å². The van der Waals surface area contributed by atoms with Crippen LogP contribution in [-0.4, -0.2) is 30.0 Å². The average Bonchev–Trinajstić information content (AvgIpc) is 3.19. The average molecular weight is 299 g/mol. The molecular weight excluding hydrogens is 280 g/mol. The number of hydrogen-bond acceptors (Lipinski definition) is 3. The zero-order chi connectivity index (χ0) is 13.9. The first-order valence-corrected chi connectivity index (χ1v) is 8.07. The van der Waals surface area contributed by atoms with Gasteiger partial charge in [0.1, 0.15) is 0 Å². The van der Waals surface area contributed by atoms with E-state index in [0.29, 0.717) is 10.6 Å². The molecule has 0 unspecified atom stereocenters. The lowest BCUT2D eigenvalue weighted by molar-refractivity contribution is 0.0954. The highest BCUT2D eigenvalue weighted by Gasteiger charge is 2.42. The molecule has 1 aliphatic carbocycles. The van der Waals surface area contributed by atoms with Gasteiger partial charge < -0.3 is 10.6 Å². The van der Waals surface area contributed by atoms with E-state index in [9.17, 15) is 4.79 Å². The number of nitrogens with one attached hydrogen (secondary N) is 2. The van der Waals surface area contributed by atoms with Crippen molar-refractivity contribution in [1.29, 1.82) is 0 Å². The number of rotatable bonds is 6. The Bertz CT molecular complexity index is 475. The summed E-state index contributed by atoms with van der Waals surface area (Å²) < 4.78 is 0.270. The molecule has 2 rings (SSSR count). The van der Waals surface area contributed by atoms with E-state index < -0.39 is 0 Å². The van der Waals surface area contributed by atoms with Gasteiger partial charge in [0.25, 0.3) is 5.91 Å². The highest BCUT2D eigenvalue weighted by atomic mass is 35.5. The predicted molar refractivity (Wildman–Crippen MR) is 83.4 cm³/mol. The van der Waals surface area contributed by atoms with Gasteiger partial charge in [0, 0.05) is 28.5 Å². The summed E-state index contributed by atoms with van der Waals surface area (Å²) in [6, 6.07) is 5.36. The fraction of sp³-hybridized carbons (Fsp3) is 0.500. The van der Waals surface area contributed by atoms with Crippen LogP contribution in [0.5, 0.6) is 0 Å². The third-order valence-electron chi connectivity index (χ3n) is 3.41. The van der Waals surface area contributed by atoms with Crippen LogP contribution in [-0.2, 0) is 0 Å². The van der Waals surface area contributed by atoms with Gasteiger partial charge in [-0.15, -0.1) is 0 Å². The van der Waals surface area contributed by atoms with Gasteiger partial charge in [0.15, 0.2) is 0 Å². The summed E-state index contributed by atoms with van der Waals surface area (Å²) in [7, 11) is 0. The van der Waals surface area contributed by atoms with Crippen LogP contribution in [0.25, 0.3) is 0 Å². The Balaban J connectivity index is 2.07. The van der Waals surface area contributed by atoms with Crippen molar-refractivity contribution in [2.45, 2.75) is 24.5 Å². The van der Waals surface area contributed by atoms with Crippen LogP contribution in [0.3, 0.4) is 0 Å². The molecule has 1 aromatic carbocycles. The van der Waals surface area contributed by atoms with E-state index in [4.69, 9.17) is 11.6 Å². The molecule has 0 spiro atoms. The second-order valence-electron chi connectivity index (χ2n) is 4.79. The minimum absolute atomic E-state index is 0.0567. The first-order chi connectivity index (χ1) is 9.10. The predicted octanol–water partition coefficient (Wildman–Crippen LogP) is 3.40. The molecule has 0 heterocycles. The molecule has 3 nitrogen and oxygen atoms in total. The van der Waals surface area contributed by atoms with Crippen LogP contribution >= 0.6 is 23.4 Å². The normalized spacial score (nSPS) is 15.9. The maximum Gasteiger partial charge on any atom is 0.253 e. The van der Waals surface area contributed by atoms with Crippen molar-refractivity contribution >= 4 is 35.0 Å². The Labute approximate surface area is 123 Å². The minimum atomic E-state index is -0.0567. The fourth-order valence-corrected chi connectivity index (χ4v) is 2.88. The van der Waals surface area contributed by atoms with Crippen molar-refractivity contribution in [2.24, 2.45) is 0 Å². The standard InChI is InChI=1S/C14H19ClN2OS/c1-3-16-12-5-4-10(15)8-11(12)13(18)17-9-14(19-2)6-7-14/h4-5,8,16H,3,6-7,9H2,1-2H3,(H,17,18). The summed E-state index contributed by atoms with van der Waals surface area (Å²) >= 11 is 7.82. The van der Waals surface area contributed by atoms with Gasteiger partial charge in [-0.3, -0.25) is 4.79 Å². The first-order valence-electron chi connectivity index (χ1n) is 6.47. The largest absolute Gasteiger partial charge is 0.385 e. The van der Waals surface area contributed by atoms with Crippen molar-refractivity contribution in [3.05, 3.63) is 28.8 Å². The SMILES string of the molecule is CCNc1ccc(Cl)cc1C(=O)NCC1(SC)CC1. The molecule has 1 aliphatic rings. The number of benzene rings is 1. The monoisotopic (exact) mass is 298 g/mol. The molecule has 1 aromatic rings. The number of carbonyl (C=O) groups excluding carboxylic acids is 1. The molecule has 0 bridgehead atoms. The summed E-state index contributed by atoms with van der Waals surface area (Å²) in [5.41, 5.74) is 1.45. The third-order valence-corrected chi connectivity index (χ3v) is 5.06. The number of anilines is 1. The van der Waals surface area contributed by atoms with Gasteiger partial charge in [0.05, 0.1) is 5.56 Å². The van der Waals surface area contributed by atoms with Gasteiger partial charge in [-0.25, -0.2) is 0 Å². The smallest absolute Gasteiger partial charge is 0.253 e. The van der Waals surface area contributed by atoms with Gasteiger partial charge in [-0.2, -0.15) is 11.8 Å². The molecule has 0 atom stereocenters. The van der Waals surface area contributed by atoms with Crippen LogP contribution in [0, 0.1) is 0 Å². The van der Waals surface area contributed by atoms with Crippen molar-refractivity contribution in [3.63, 3.8) is 0 Å². The van der Waals surface area contributed by atoms with Gasteiger partial charge in [-0.1, -0.05) is 11.6 Å². The maximum atomic E-state index is 12.3. The summed E-state index contributed by atoms with van der Waals surface area (Å²) in [5.74, 6) is -0.0567. The second-order valence-corrected chi connectivity index (χ2v) is 6.50. The van der Waals surface area contributed by atoms with Crippen molar-refractivity contribution in [1.82, 2.24) is 5.32 Å². The Morgan fingerprint density at radius 1 is 1.47 bits per heavy atom. The minimum Gasteiger partial charge on any atom is -0.385 e. The van der Waals surface area contributed by atoms with Crippen molar-refractivity contribution < 1.29 is 4.79 Å². The lowest BCUT2D eigenvalue weighted by Crippen LogP contribution is -2.32. The van der Waals surface area contributed by atoms with Gasteiger partial charge in [-0.05, 0) is 44.2 Å². The molecule has 5 heteroatoms.